The third-order valence-electron chi connectivity index (χ3n) is 12.4. The number of aliphatic hydroxyl groups is 3. The lowest BCUT2D eigenvalue weighted by Crippen LogP contribution is -2.65. The van der Waals surface area contributed by atoms with Gasteiger partial charge in [0.15, 0.2) is 11.9 Å². The summed E-state index contributed by atoms with van der Waals surface area (Å²) < 4.78 is 48.3. The molecule has 7 bridgehead atoms. The molecule has 0 radical (unpaired) electrons. The molecule has 5 aliphatic heterocycles. The highest BCUT2D eigenvalue weighted by Crippen LogP contribution is 2.53. The van der Waals surface area contributed by atoms with Crippen LogP contribution in [0.25, 0.3) is 0 Å². The Bertz CT molecular complexity index is 1820. The molecule has 0 aromatic carbocycles. The lowest BCUT2D eigenvalue weighted by Gasteiger charge is -2.54. The maximum atomic E-state index is 13.4. The minimum atomic E-state index is -2.03. The summed E-state index contributed by atoms with van der Waals surface area (Å²) in [5, 5.41) is 34.6. The summed E-state index contributed by atoms with van der Waals surface area (Å²) >= 11 is 0. The number of carbonyl (C=O) groups is 5. The predicted octanol–water partition coefficient (Wildman–Crippen LogP) is 4.88. The number of methoxy groups -OCH3 is 1. The Labute approximate surface area is 363 Å². The van der Waals surface area contributed by atoms with E-state index in [2.05, 4.69) is 0 Å². The summed E-state index contributed by atoms with van der Waals surface area (Å²) in [4.78, 5) is 65.1. The number of rotatable bonds is 8. The fourth-order valence-corrected chi connectivity index (χ4v) is 8.83. The highest BCUT2D eigenvalue weighted by Gasteiger charge is 2.65. The molecule has 62 heavy (non-hydrogen) atoms. The number of hydrogen-bond donors (Lipinski definition) is 3. The van der Waals surface area contributed by atoms with E-state index in [9.17, 15) is 39.3 Å². The molecule has 3 saturated heterocycles. The number of aliphatic hydroxyl groups excluding tert-OH is 2. The average Bonchev–Trinajstić information content (AvgIpc) is 3.15. The van der Waals surface area contributed by atoms with Gasteiger partial charge >= 0.3 is 29.8 Å². The fourth-order valence-electron chi connectivity index (χ4n) is 8.83. The number of esters is 5. The van der Waals surface area contributed by atoms with Crippen LogP contribution in [0.4, 0.5) is 0 Å². The van der Waals surface area contributed by atoms with E-state index >= 15 is 0 Å². The van der Waals surface area contributed by atoms with Gasteiger partial charge in [-0.2, -0.15) is 0 Å². The van der Waals surface area contributed by atoms with Gasteiger partial charge in [0, 0.05) is 50.7 Å². The van der Waals surface area contributed by atoms with Crippen LogP contribution < -0.4 is 0 Å². The smallest absolute Gasteiger partial charge is 0.331 e. The highest BCUT2D eigenvalue weighted by molar-refractivity contribution is 5.83. The molecule has 0 amide bonds. The number of allylic oxidation sites excluding steroid dienone is 3. The van der Waals surface area contributed by atoms with Gasteiger partial charge in [0.25, 0.3) is 5.79 Å². The molecule has 5 aliphatic rings. The van der Waals surface area contributed by atoms with Crippen molar-refractivity contribution in [1.29, 1.82) is 0 Å². The number of carbonyl (C=O) groups excluding carboxylic acids is 5. The number of fused-ring (bicyclic) bond motifs is 6. The van der Waals surface area contributed by atoms with Gasteiger partial charge in [0.1, 0.15) is 18.0 Å². The molecule has 0 aromatic rings. The van der Waals surface area contributed by atoms with Crippen LogP contribution in [0.3, 0.4) is 0 Å². The lowest BCUT2D eigenvalue weighted by atomic mass is 9.70. The Kier molecular flexibility index (Phi) is 15.7. The number of ether oxygens (including phenoxy) is 8. The van der Waals surface area contributed by atoms with Gasteiger partial charge in [-0.05, 0) is 46.1 Å². The van der Waals surface area contributed by atoms with E-state index in [0.717, 1.165) is 12.8 Å². The molecule has 5 heterocycles. The van der Waals surface area contributed by atoms with Crippen molar-refractivity contribution >= 4 is 29.8 Å². The molecule has 16 nitrogen and oxygen atoms in total. The molecule has 0 aliphatic carbocycles. The number of hydrogen-bond acceptors (Lipinski definition) is 16. The summed E-state index contributed by atoms with van der Waals surface area (Å²) in [6.45, 7) is 11.6. The summed E-state index contributed by atoms with van der Waals surface area (Å²) in [6.07, 6.45) is 5.73. The van der Waals surface area contributed by atoms with Crippen molar-refractivity contribution < 1.29 is 77.2 Å². The van der Waals surface area contributed by atoms with E-state index in [0.29, 0.717) is 5.57 Å². The first kappa shape index (κ1) is 48.7. The van der Waals surface area contributed by atoms with E-state index < -0.39 is 113 Å². The zero-order valence-electron chi connectivity index (χ0n) is 37.0. The Morgan fingerprint density at radius 3 is 2.37 bits per heavy atom. The molecule has 16 heteroatoms. The fraction of sp³-hybridized carbons (Fsp3) is 0.674. The first-order valence-electron chi connectivity index (χ1n) is 21.5. The third-order valence-corrected chi connectivity index (χ3v) is 12.4. The second kappa shape index (κ2) is 20.0. The maximum Gasteiger partial charge on any atom is 0.331 e. The van der Waals surface area contributed by atoms with Crippen LogP contribution in [0, 0.1) is 16.7 Å². The van der Waals surface area contributed by atoms with Crippen molar-refractivity contribution in [1.82, 2.24) is 0 Å². The standard InChI is InChI=1S/C46H64O16/c1-9-10-11-12-13-14-38(50)59-42-30-20-33-24-36(27(2)47)58-40(52)23-31(49)22-34-25-37(56-28(3)48)44(6,7)45(54,60-34)26-35-18-29(19-39(51)55-8)17-32(57-35)15-16-43(4,5)46(42,61-33)62-41(53)21-30/h11-16,19-20,27,30-32,34-37,42,47,49,54H,9-10,17-18,21-26H2,1-8H3. The molecule has 11 atom stereocenters. The molecular formula is C46H64O16. The van der Waals surface area contributed by atoms with E-state index in [1.165, 1.54) is 33.1 Å². The van der Waals surface area contributed by atoms with Crippen LogP contribution in [0.1, 0.15) is 113 Å². The van der Waals surface area contributed by atoms with E-state index in [1.807, 2.05) is 13.0 Å². The number of cyclic esters (lactones) is 1. The molecule has 0 aromatic heterocycles. The van der Waals surface area contributed by atoms with Crippen molar-refractivity contribution in [2.24, 2.45) is 16.7 Å². The van der Waals surface area contributed by atoms with Crippen LogP contribution in [-0.4, -0.2) is 113 Å². The SMILES string of the molecule is CCCC=CC=CC(=O)OC1C2C=C3CC(C(C)O)OC(=O)CC(O)CC4CC(OC(C)=O)C(C)(C)C(O)(CC5CC(=CC(=O)OC)CC(C=CC(C)(C)C1(OC(=O)C2)O3)O5)O4. The predicted molar refractivity (Wildman–Crippen MR) is 220 cm³/mol. The third kappa shape index (κ3) is 11.4. The Hall–Kier alpha value is -4.35. The lowest BCUT2D eigenvalue weighted by molar-refractivity contribution is -0.348. The first-order valence-corrected chi connectivity index (χ1v) is 21.5. The second-order valence-electron chi connectivity index (χ2n) is 18.1. The van der Waals surface area contributed by atoms with Gasteiger partial charge in [-0.25, -0.2) is 9.59 Å². The molecule has 5 rings (SSSR count). The summed E-state index contributed by atoms with van der Waals surface area (Å²) in [5.41, 5.74) is -1.89. The summed E-state index contributed by atoms with van der Waals surface area (Å²) in [5.74, 6) is -7.93. The maximum absolute atomic E-state index is 13.4. The summed E-state index contributed by atoms with van der Waals surface area (Å²) in [6, 6.07) is 0. The van der Waals surface area contributed by atoms with Crippen LogP contribution in [0.2, 0.25) is 0 Å². The normalized spacial score (nSPS) is 36.0. The van der Waals surface area contributed by atoms with Gasteiger partial charge in [-0.3, -0.25) is 14.4 Å². The van der Waals surface area contributed by atoms with E-state index in [4.69, 9.17) is 37.9 Å². The van der Waals surface area contributed by atoms with Gasteiger partial charge in [-0.1, -0.05) is 63.1 Å². The topological polar surface area (TPSA) is 220 Å². The minimum Gasteiger partial charge on any atom is -0.466 e. The molecular weight excluding hydrogens is 808 g/mol. The van der Waals surface area contributed by atoms with Crippen LogP contribution in [0.5, 0.6) is 0 Å². The van der Waals surface area contributed by atoms with Crippen molar-refractivity contribution in [2.75, 3.05) is 7.11 Å². The molecule has 1 spiro atoms. The van der Waals surface area contributed by atoms with E-state index in [-0.39, 0.29) is 50.7 Å². The van der Waals surface area contributed by atoms with Gasteiger partial charge in [0.2, 0.25) is 0 Å². The van der Waals surface area contributed by atoms with E-state index in [1.54, 1.807) is 58.1 Å². The molecule has 344 valence electrons. The number of unbranched alkanes of at least 4 members (excludes halogenated alkanes) is 1. The second-order valence-corrected chi connectivity index (χ2v) is 18.1. The summed E-state index contributed by atoms with van der Waals surface area (Å²) in [7, 11) is 1.26. The van der Waals surface area contributed by atoms with Crippen LogP contribution in [-0.2, 0) is 61.9 Å². The minimum absolute atomic E-state index is 0.0956. The average molecular weight is 873 g/mol. The van der Waals surface area contributed by atoms with Gasteiger partial charge < -0.3 is 53.2 Å². The Balaban J connectivity index is 1.61. The molecule has 0 saturated carbocycles. The van der Waals surface area contributed by atoms with Crippen molar-refractivity contribution in [2.45, 2.75) is 173 Å². The van der Waals surface area contributed by atoms with Crippen molar-refractivity contribution in [3.8, 4) is 0 Å². The van der Waals surface area contributed by atoms with Crippen LogP contribution >= 0.6 is 0 Å². The highest BCUT2D eigenvalue weighted by atomic mass is 16.7. The first-order chi connectivity index (χ1) is 29.1. The largest absolute Gasteiger partial charge is 0.466 e. The molecule has 11 unspecified atom stereocenters. The quantitative estimate of drug-likeness (QED) is 0.0973. The zero-order valence-corrected chi connectivity index (χ0v) is 37.0. The van der Waals surface area contributed by atoms with Crippen molar-refractivity contribution in [3.63, 3.8) is 0 Å². The Morgan fingerprint density at radius 2 is 1.69 bits per heavy atom. The van der Waals surface area contributed by atoms with Crippen LogP contribution in [0.15, 0.2) is 59.9 Å². The zero-order chi connectivity index (χ0) is 45.6. The molecule has 3 fully saturated rings. The van der Waals surface area contributed by atoms with Crippen molar-refractivity contribution in [3.05, 3.63) is 59.9 Å². The Morgan fingerprint density at radius 1 is 0.952 bits per heavy atom. The van der Waals surface area contributed by atoms with Gasteiger partial charge in [0.05, 0.1) is 61.3 Å². The molecule has 3 N–H and O–H groups in total. The van der Waals surface area contributed by atoms with Gasteiger partial charge in [-0.15, -0.1) is 0 Å². The monoisotopic (exact) mass is 872 g/mol.